The van der Waals surface area contributed by atoms with Gasteiger partial charge in [0, 0.05) is 6.54 Å². The van der Waals surface area contributed by atoms with Gasteiger partial charge in [-0.05, 0) is 57.3 Å². The zero-order chi connectivity index (χ0) is 14.5. The van der Waals surface area contributed by atoms with Crippen molar-refractivity contribution in [2.45, 2.75) is 70.9 Å². The largest absolute Gasteiger partial charge is 0.340 e. The molecule has 2 atom stereocenters. The lowest BCUT2D eigenvalue weighted by atomic mass is 9.66. The number of nitrogens with zero attached hydrogens (tertiary/aromatic N) is 1. The van der Waals surface area contributed by atoms with E-state index in [1.54, 1.807) is 0 Å². The zero-order valence-corrected chi connectivity index (χ0v) is 12.9. The molecule has 2 unspecified atom stereocenters. The molecule has 112 valence electrons. The van der Waals surface area contributed by atoms with Crippen LogP contribution in [0.15, 0.2) is 0 Å². The van der Waals surface area contributed by atoms with Gasteiger partial charge >= 0.3 is 0 Å². The van der Waals surface area contributed by atoms with Gasteiger partial charge in [0.05, 0.1) is 0 Å². The molecule has 1 heterocycles. The minimum absolute atomic E-state index is 0.0181. The Hall–Kier alpha value is -1.06. The Balaban J connectivity index is 1.83. The molecule has 0 aromatic heterocycles. The van der Waals surface area contributed by atoms with Gasteiger partial charge in [-0.3, -0.25) is 9.59 Å². The molecule has 2 saturated carbocycles. The van der Waals surface area contributed by atoms with E-state index < -0.39 is 5.54 Å². The van der Waals surface area contributed by atoms with Gasteiger partial charge in [0.15, 0.2) is 0 Å². The van der Waals surface area contributed by atoms with Crippen molar-refractivity contribution in [1.82, 2.24) is 10.2 Å². The molecule has 0 spiro atoms. The van der Waals surface area contributed by atoms with Crippen LogP contribution in [0.4, 0.5) is 0 Å². The SMILES string of the molecule is CCC1(CN2C(=O)C(C)(C3CC3)NC(=O)C2C)CCC1. The summed E-state index contributed by atoms with van der Waals surface area (Å²) in [5.41, 5.74) is -0.381. The number of amides is 2. The van der Waals surface area contributed by atoms with Crippen LogP contribution < -0.4 is 5.32 Å². The Morgan fingerprint density at radius 3 is 2.40 bits per heavy atom. The molecule has 2 aliphatic carbocycles. The predicted octanol–water partition coefficient (Wildman–Crippen LogP) is 2.08. The summed E-state index contributed by atoms with van der Waals surface area (Å²) in [7, 11) is 0. The number of carbonyl (C=O) groups excluding carboxylic acids is 2. The fraction of sp³-hybridized carbons (Fsp3) is 0.875. The van der Waals surface area contributed by atoms with E-state index in [9.17, 15) is 9.59 Å². The van der Waals surface area contributed by atoms with Crippen LogP contribution in [0.2, 0.25) is 0 Å². The first-order valence-corrected chi connectivity index (χ1v) is 8.05. The Kier molecular flexibility index (Phi) is 3.11. The highest BCUT2D eigenvalue weighted by Crippen LogP contribution is 2.47. The third-order valence-corrected chi connectivity index (χ3v) is 6.00. The molecule has 0 aromatic rings. The summed E-state index contributed by atoms with van der Waals surface area (Å²) in [6, 6.07) is -0.321. The van der Waals surface area contributed by atoms with Crippen molar-refractivity contribution in [1.29, 1.82) is 0 Å². The lowest BCUT2D eigenvalue weighted by Crippen LogP contribution is -2.70. The highest BCUT2D eigenvalue weighted by atomic mass is 16.2. The molecule has 4 heteroatoms. The molecule has 20 heavy (non-hydrogen) atoms. The summed E-state index contributed by atoms with van der Waals surface area (Å²) in [6.45, 7) is 6.75. The molecule has 1 saturated heterocycles. The van der Waals surface area contributed by atoms with E-state index in [4.69, 9.17) is 0 Å². The zero-order valence-electron chi connectivity index (χ0n) is 12.9. The van der Waals surface area contributed by atoms with Gasteiger partial charge in [0.25, 0.3) is 0 Å². The normalized spacial score (nSPS) is 36.5. The molecular formula is C16H26N2O2. The highest BCUT2D eigenvalue weighted by molar-refractivity contribution is 5.99. The summed E-state index contributed by atoms with van der Waals surface area (Å²) >= 11 is 0. The van der Waals surface area contributed by atoms with E-state index >= 15 is 0 Å². The maximum absolute atomic E-state index is 12.9. The third-order valence-electron chi connectivity index (χ3n) is 6.00. The van der Waals surface area contributed by atoms with Gasteiger partial charge in [-0.25, -0.2) is 0 Å². The molecule has 4 nitrogen and oxygen atoms in total. The smallest absolute Gasteiger partial charge is 0.249 e. The number of carbonyl (C=O) groups is 2. The second kappa shape index (κ2) is 4.47. The van der Waals surface area contributed by atoms with Crippen LogP contribution in [-0.2, 0) is 9.59 Å². The van der Waals surface area contributed by atoms with Crippen LogP contribution in [-0.4, -0.2) is 34.8 Å². The van der Waals surface area contributed by atoms with E-state index in [2.05, 4.69) is 12.2 Å². The van der Waals surface area contributed by atoms with Crippen molar-refractivity contribution < 1.29 is 9.59 Å². The number of hydrogen-bond acceptors (Lipinski definition) is 2. The average molecular weight is 278 g/mol. The second-order valence-corrected chi connectivity index (χ2v) is 7.28. The first-order chi connectivity index (χ1) is 9.42. The lowest BCUT2D eigenvalue weighted by molar-refractivity contribution is -0.157. The number of piperazine rings is 1. The van der Waals surface area contributed by atoms with Gasteiger partial charge in [-0.2, -0.15) is 0 Å². The highest BCUT2D eigenvalue weighted by Gasteiger charge is 2.55. The summed E-state index contributed by atoms with van der Waals surface area (Å²) in [5, 5.41) is 2.99. The van der Waals surface area contributed by atoms with E-state index in [0.29, 0.717) is 5.92 Å². The summed E-state index contributed by atoms with van der Waals surface area (Å²) in [6.07, 6.45) is 6.87. The molecular weight excluding hydrogens is 252 g/mol. The minimum Gasteiger partial charge on any atom is -0.340 e. The molecule has 3 aliphatic rings. The van der Waals surface area contributed by atoms with Gasteiger partial charge in [0.1, 0.15) is 11.6 Å². The fourth-order valence-corrected chi connectivity index (χ4v) is 3.84. The number of nitrogens with one attached hydrogen (secondary N) is 1. The first-order valence-electron chi connectivity index (χ1n) is 8.05. The van der Waals surface area contributed by atoms with E-state index in [1.807, 2.05) is 18.7 Å². The second-order valence-electron chi connectivity index (χ2n) is 7.28. The molecule has 0 aromatic carbocycles. The van der Waals surface area contributed by atoms with Gasteiger partial charge in [-0.1, -0.05) is 13.3 Å². The van der Waals surface area contributed by atoms with Crippen LogP contribution in [0.3, 0.4) is 0 Å². The Morgan fingerprint density at radius 1 is 1.30 bits per heavy atom. The Bertz CT molecular complexity index is 434. The molecule has 1 N–H and O–H groups in total. The quantitative estimate of drug-likeness (QED) is 0.856. The van der Waals surface area contributed by atoms with E-state index in [-0.39, 0.29) is 23.3 Å². The molecule has 3 fully saturated rings. The average Bonchev–Trinajstić information content (AvgIpc) is 3.20. The number of rotatable bonds is 4. The number of hydrogen-bond donors (Lipinski definition) is 1. The van der Waals surface area contributed by atoms with Crippen LogP contribution in [0, 0.1) is 11.3 Å². The minimum atomic E-state index is -0.651. The monoisotopic (exact) mass is 278 g/mol. The van der Waals surface area contributed by atoms with Gasteiger partial charge < -0.3 is 10.2 Å². The van der Waals surface area contributed by atoms with E-state index in [0.717, 1.165) is 25.8 Å². The van der Waals surface area contributed by atoms with Crippen molar-refractivity contribution >= 4 is 11.8 Å². The summed E-state index contributed by atoms with van der Waals surface area (Å²) < 4.78 is 0. The Labute approximate surface area is 121 Å². The maximum atomic E-state index is 12.9. The fourth-order valence-electron chi connectivity index (χ4n) is 3.84. The molecule has 3 rings (SSSR count). The van der Waals surface area contributed by atoms with Crippen LogP contribution in [0.5, 0.6) is 0 Å². The van der Waals surface area contributed by atoms with Gasteiger partial charge in [0.2, 0.25) is 11.8 Å². The van der Waals surface area contributed by atoms with Crippen molar-refractivity contribution in [3.63, 3.8) is 0 Å². The molecule has 0 bridgehead atoms. The van der Waals surface area contributed by atoms with Gasteiger partial charge in [-0.15, -0.1) is 0 Å². The topological polar surface area (TPSA) is 49.4 Å². The summed E-state index contributed by atoms with van der Waals surface area (Å²) in [4.78, 5) is 27.1. The van der Waals surface area contributed by atoms with Crippen molar-refractivity contribution in [2.75, 3.05) is 6.54 Å². The third kappa shape index (κ3) is 1.95. The maximum Gasteiger partial charge on any atom is 0.249 e. The van der Waals surface area contributed by atoms with E-state index in [1.165, 1.54) is 19.3 Å². The molecule has 2 amide bonds. The van der Waals surface area contributed by atoms with Crippen LogP contribution in [0.1, 0.15) is 59.3 Å². The van der Waals surface area contributed by atoms with Crippen molar-refractivity contribution in [2.24, 2.45) is 11.3 Å². The molecule has 1 aliphatic heterocycles. The molecule has 0 radical (unpaired) electrons. The van der Waals surface area contributed by atoms with Crippen molar-refractivity contribution in [3.8, 4) is 0 Å². The summed E-state index contributed by atoms with van der Waals surface area (Å²) in [5.74, 6) is 0.504. The first kappa shape index (κ1) is 13.9. The lowest BCUT2D eigenvalue weighted by Gasteiger charge is -2.50. The Morgan fingerprint density at radius 2 is 1.95 bits per heavy atom. The van der Waals surface area contributed by atoms with Crippen LogP contribution in [0.25, 0.3) is 0 Å². The van der Waals surface area contributed by atoms with Crippen molar-refractivity contribution in [3.05, 3.63) is 0 Å². The predicted molar refractivity (Wildman–Crippen MR) is 77.0 cm³/mol. The standard InChI is InChI=1S/C16H26N2O2/c1-4-16(8-5-9-16)10-18-11(2)13(19)17-15(3,14(18)20)12-6-7-12/h11-12H,4-10H2,1-3H3,(H,17,19). The van der Waals surface area contributed by atoms with Crippen LogP contribution >= 0.6 is 0 Å².